The predicted molar refractivity (Wildman–Crippen MR) is 160 cm³/mol. The maximum absolute atomic E-state index is 13.5. The van der Waals surface area contributed by atoms with Crippen molar-refractivity contribution in [2.75, 3.05) is 0 Å². The number of benzene rings is 2. The van der Waals surface area contributed by atoms with E-state index in [4.69, 9.17) is 20.5 Å². The van der Waals surface area contributed by atoms with Crippen molar-refractivity contribution >= 4 is 6.09 Å². The number of aliphatic hydroxyl groups is 2. The van der Waals surface area contributed by atoms with E-state index in [1.807, 2.05) is 67.6 Å². The zero-order valence-electron chi connectivity index (χ0n) is 24.3. The van der Waals surface area contributed by atoms with Gasteiger partial charge in [0.1, 0.15) is 12.7 Å². The first-order valence-corrected chi connectivity index (χ1v) is 14.5. The molecule has 1 amide bonds. The van der Waals surface area contributed by atoms with E-state index in [0.717, 1.165) is 11.1 Å². The summed E-state index contributed by atoms with van der Waals surface area (Å²) in [6.45, 7) is 2.37. The van der Waals surface area contributed by atoms with Gasteiger partial charge in [-0.2, -0.15) is 0 Å². The van der Waals surface area contributed by atoms with Crippen molar-refractivity contribution in [3.63, 3.8) is 0 Å². The summed E-state index contributed by atoms with van der Waals surface area (Å²) in [5.74, 6) is -0.113. The summed E-state index contributed by atoms with van der Waals surface area (Å²) in [5, 5.41) is 32.7. The molecule has 2 saturated carbocycles. The fourth-order valence-corrected chi connectivity index (χ4v) is 6.04. The Labute approximate surface area is 254 Å². The van der Waals surface area contributed by atoms with Crippen LogP contribution in [0.3, 0.4) is 0 Å². The highest BCUT2D eigenvalue weighted by Gasteiger charge is 2.46. The Hall–Kier alpha value is -4.48. The first-order chi connectivity index (χ1) is 21.4. The lowest BCUT2D eigenvalue weighted by Gasteiger charge is -2.45. The number of carbonyl (C=O) groups excluding carboxylic acids is 1. The van der Waals surface area contributed by atoms with Crippen LogP contribution in [0.25, 0.3) is 31.3 Å². The van der Waals surface area contributed by atoms with Gasteiger partial charge in [0.2, 0.25) is 0 Å². The molecule has 0 unspecified atom stereocenters. The molecule has 232 valence electrons. The second kappa shape index (κ2) is 15.8. The molecule has 0 saturated heterocycles. The molecule has 2 aromatic carbocycles. The lowest BCUT2D eigenvalue weighted by molar-refractivity contribution is -0.160. The molecular formula is C29H36N10O5. The lowest BCUT2D eigenvalue weighted by atomic mass is 9.79. The minimum atomic E-state index is -1.53. The summed E-state index contributed by atoms with van der Waals surface area (Å²) in [6.07, 6.45) is -3.92. The SMILES string of the molecule is C[C@@H]([C@@H]1CC[C@@H](N=[N+]=[N-])[C@@H](O[C@H]2[C@H](O)[C@@H](O)[C@H](N=[N+]=[N-])C[C@@H]2N=[N+]=[N-])C1)N(Cc1ccccc1)C(=O)OCc1ccccc1. The molecule has 0 heterocycles. The van der Waals surface area contributed by atoms with E-state index in [1.165, 1.54) is 0 Å². The minimum Gasteiger partial charge on any atom is -0.445 e. The molecule has 15 nitrogen and oxygen atoms in total. The highest BCUT2D eigenvalue weighted by atomic mass is 16.6. The van der Waals surface area contributed by atoms with E-state index in [2.05, 4.69) is 30.1 Å². The Bertz CT molecular complexity index is 1380. The molecule has 2 aliphatic carbocycles. The van der Waals surface area contributed by atoms with Crippen molar-refractivity contribution in [3.8, 4) is 0 Å². The second-order valence-electron chi connectivity index (χ2n) is 11.1. The van der Waals surface area contributed by atoms with E-state index in [-0.39, 0.29) is 25.0 Å². The Morgan fingerprint density at radius 1 is 0.864 bits per heavy atom. The molecule has 0 bridgehead atoms. The van der Waals surface area contributed by atoms with Gasteiger partial charge in [0.05, 0.1) is 36.4 Å². The van der Waals surface area contributed by atoms with E-state index >= 15 is 0 Å². The molecular weight excluding hydrogens is 568 g/mol. The molecule has 2 fully saturated rings. The molecule has 2 aromatic rings. The highest BCUT2D eigenvalue weighted by Crippen LogP contribution is 2.37. The monoisotopic (exact) mass is 604 g/mol. The molecule has 15 heteroatoms. The van der Waals surface area contributed by atoms with Crippen LogP contribution in [0.15, 0.2) is 76.0 Å². The first-order valence-electron chi connectivity index (χ1n) is 14.5. The van der Waals surface area contributed by atoms with Gasteiger partial charge in [-0.3, -0.25) is 0 Å². The Morgan fingerprint density at radius 3 is 2.09 bits per heavy atom. The van der Waals surface area contributed by atoms with Crippen LogP contribution in [0.5, 0.6) is 0 Å². The van der Waals surface area contributed by atoms with Crippen molar-refractivity contribution in [3.05, 3.63) is 103 Å². The Kier molecular flexibility index (Phi) is 11.7. The molecule has 0 aromatic heterocycles. The average Bonchev–Trinajstić information content (AvgIpc) is 3.04. The van der Waals surface area contributed by atoms with Gasteiger partial charge in [-0.1, -0.05) is 76.0 Å². The van der Waals surface area contributed by atoms with Crippen molar-refractivity contribution in [2.24, 2.45) is 21.3 Å². The van der Waals surface area contributed by atoms with Gasteiger partial charge in [-0.25, -0.2) is 4.79 Å². The van der Waals surface area contributed by atoms with Crippen molar-refractivity contribution in [1.82, 2.24) is 4.90 Å². The van der Waals surface area contributed by atoms with Crippen LogP contribution in [0.1, 0.15) is 43.7 Å². The van der Waals surface area contributed by atoms with Gasteiger partial charge < -0.3 is 24.6 Å². The minimum absolute atomic E-state index is 0.0339. The van der Waals surface area contributed by atoms with Crippen molar-refractivity contribution < 1.29 is 24.5 Å². The first kappa shape index (κ1) is 32.4. The number of aliphatic hydroxyl groups excluding tert-OH is 2. The third kappa shape index (κ3) is 8.12. The van der Waals surface area contributed by atoms with Crippen LogP contribution >= 0.6 is 0 Å². The van der Waals surface area contributed by atoms with E-state index in [1.54, 1.807) is 4.90 Å². The topological polar surface area (TPSA) is 226 Å². The largest absolute Gasteiger partial charge is 0.445 e. The van der Waals surface area contributed by atoms with Crippen LogP contribution in [0.2, 0.25) is 0 Å². The van der Waals surface area contributed by atoms with Gasteiger partial charge in [0.15, 0.2) is 0 Å². The Balaban J connectivity index is 1.55. The fraction of sp³-hybridized carbons (Fsp3) is 0.552. The molecule has 2 aliphatic rings. The fourth-order valence-electron chi connectivity index (χ4n) is 6.04. The van der Waals surface area contributed by atoms with Crippen molar-refractivity contribution in [2.45, 2.75) is 94.3 Å². The van der Waals surface area contributed by atoms with E-state index < -0.39 is 48.6 Å². The predicted octanol–water partition coefficient (Wildman–Crippen LogP) is 5.93. The number of hydrogen-bond acceptors (Lipinski definition) is 8. The molecule has 2 N–H and O–H groups in total. The summed E-state index contributed by atoms with van der Waals surface area (Å²) in [6, 6.07) is 16.1. The number of ether oxygens (including phenoxy) is 2. The van der Waals surface area contributed by atoms with Crippen LogP contribution in [-0.4, -0.2) is 69.8 Å². The molecule has 0 spiro atoms. The highest BCUT2D eigenvalue weighted by molar-refractivity contribution is 5.68. The van der Waals surface area contributed by atoms with Crippen LogP contribution in [0.4, 0.5) is 4.79 Å². The van der Waals surface area contributed by atoms with Crippen LogP contribution in [0, 0.1) is 5.92 Å². The molecule has 4 rings (SSSR count). The zero-order valence-corrected chi connectivity index (χ0v) is 24.3. The average molecular weight is 605 g/mol. The summed E-state index contributed by atoms with van der Waals surface area (Å²) in [7, 11) is 0. The number of azide groups is 3. The number of rotatable bonds is 11. The van der Waals surface area contributed by atoms with Crippen LogP contribution in [-0.2, 0) is 22.6 Å². The number of carbonyl (C=O) groups is 1. The van der Waals surface area contributed by atoms with Crippen molar-refractivity contribution in [1.29, 1.82) is 0 Å². The van der Waals surface area contributed by atoms with Gasteiger partial charge in [-0.05, 0) is 66.2 Å². The maximum Gasteiger partial charge on any atom is 0.410 e. The number of nitrogens with zero attached hydrogens (tertiary/aromatic N) is 10. The summed E-state index contributed by atoms with van der Waals surface area (Å²) < 4.78 is 12.0. The standard InChI is InChI=1S/C29H36N10O5/c1-18(39(16-19-8-4-2-5-9-19)29(42)43-17-20-10-6-3-7-11-20)21-12-13-22(33-36-30)25(14-21)44-28-24(35-38-32)15-23(34-37-31)26(40)27(28)41/h2-11,18,21-28,40-41H,12-17H2,1H3/t18-,21+,22+,23+,24-,25-,26-,27+,28+/m0/s1. The lowest BCUT2D eigenvalue weighted by Crippen LogP contribution is -2.57. The number of amides is 1. The molecule has 0 radical (unpaired) electrons. The number of hydrogen-bond donors (Lipinski definition) is 2. The quantitative estimate of drug-likeness (QED) is 0.180. The zero-order chi connectivity index (χ0) is 31.5. The summed E-state index contributed by atoms with van der Waals surface area (Å²) in [4.78, 5) is 23.7. The smallest absolute Gasteiger partial charge is 0.410 e. The third-order valence-corrected chi connectivity index (χ3v) is 8.48. The van der Waals surface area contributed by atoms with Gasteiger partial charge >= 0.3 is 6.09 Å². The van der Waals surface area contributed by atoms with Gasteiger partial charge in [-0.15, -0.1) is 0 Å². The summed E-state index contributed by atoms with van der Waals surface area (Å²) in [5.41, 5.74) is 29.0. The van der Waals surface area contributed by atoms with Gasteiger partial charge in [0.25, 0.3) is 0 Å². The normalized spacial score (nSPS) is 28.7. The van der Waals surface area contributed by atoms with Crippen LogP contribution < -0.4 is 0 Å². The molecule has 9 atom stereocenters. The molecule has 0 aliphatic heterocycles. The summed E-state index contributed by atoms with van der Waals surface area (Å²) >= 11 is 0. The maximum atomic E-state index is 13.5. The molecule has 44 heavy (non-hydrogen) atoms. The second-order valence-corrected chi connectivity index (χ2v) is 11.1. The van der Waals surface area contributed by atoms with E-state index in [0.29, 0.717) is 25.8 Å². The third-order valence-electron chi connectivity index (χ3n) is 8.48. The van der Waals surface area contributed by atoms with E-state index in [9.17, 15) is 20.5 Å². The Morgan fingerprint density at radius 2 is 1.45 bits per heavy atom. The van der Waals surface area contributed by atoms with Gasteiger partial charge in [0, 0.05) is 27.3 Å².